The summed E-state index contributed by atoms with van der Waals surface area (Å²) >= 11 is 0. The molecule has 0 saturated heterocycles. The van der Waals surface area contributed by atoms with E-state index in [1.165, 1.54) is 12.1 Å². The van der Waals surface area contributed by atoms with Crippen LogP contribution in [0.4, 0.5) is 9.18 Å². The van der Waals surface area contributed by atoms with Gasteiger partial charge in [-0.2, -0.15) is 10.1 Å². The fourth-order valence-electron chi connectivity index (χ4n) is 3.41. The Kier molecular flexibility index (Phi) is 5.04. The predicted molar refractivity (Wildman–Crippen MR) is 104 cm³/mol. The Bertz CT molecular complexity index is 1040. The average Bonchev–Trinajstić information content (AvgIpc) is 3.32. The van der Waals surface area contributed by atoms with Gasteiger partial charge in [0.05, 0.1) is 6.54 Å². The minimum atomic E-state index is -0.368. The van der Waals surface area contributed by atoms with E-state index in [2.05, 4.69) is 20.6 Å². The van der Waals surface area contributed by atoms with Crippen molar-refractivity contribution in [2.24, 2.45) is 7.05 Å². The summed E-state index contributed by atoms with van der Waals surface area (Å²) in [6, 6.07) is 6.04. The number of rotatable bonds is 4. The van der Waals surface area contributed by atoms with E-state index in [1.807, 2.05) is 20.9 Å². The van der Waals surface area contributed by atoms with Crippen LogP contribution in [0.5, 0.6) is 0 Å². The van der Waals surface area contributed by atoms with Crippen molar-refractivity contribution in [3.05, 3.63) is 41.3 Å². The van der Waals surface area contributed by atoms with E-state index in [4.69, 9.17) is 4.52 Å². The molecule has 8 nitrogen and oxygen atoms in total. The van der Waals surface area contributed by atoms with Crippen molar-refractivity contribution < 1.29 is 13.7 Å². The summed E-state index contributed by atoms with van der Waals surface area (Å²) in [6.07, 6.45) is 1.56. The van der Waals surface area contributed by atoms with Crippen LogP contribution in [0.25, 0.3) is 23.0 Å². The molecule has 152 valence electrons. The van der Waals surface area contributed by atoms with Gasteiger partial charge in [0.15, 0.2) is 5.69 Å². The topological polar surface area (TPSA) is 89.1 Å². The Morgan fingerprint density at radius 2 is 2.24 bits per heavy atom. The number of nitrogens with one attached hydrogen (secondary N) is 1. The van der Waals surface area contributed by atoms with Crippen LogP contribution in [0.15, 0.2) is 28.8 Å². The smallest absolute Gasteiger partial charge is 0.317 e. The van der Waals surface area contributed by atoms with Crippen LogP contribution in [-0.4, -0.2) is 43.4 Å². The Balaban J connectivity index is 1.62. The standard InChI is InChI=1S/C20H23FN6O2/c1-4-12(2)22-20(28)27-9-8-16-15(11-27)17(24-26(16)3)19-23-18(25-29-19)13-6-5-7-14(21)10-13/h5-7,10,12H,4,8-9,11H2,1-3H3,(H,22,28)/t12-/m0/s1. The first-order valence-corrected chi connectivity index (χ1v) is 9.66. The molecule has 0 fully saturated rings. The number of hydrogen-bond donors (Lipinski definition) is 1. The highest BCUT2D eigenvalue weighted by Crippen LogP contribution is 2.30. The molecule has 9 heteroatoms. The molecule has 0 unspecified atom stereocenters. The quantitative estimate of drug-likeness (QED) is 0.729. The summed E-state index contributed by atoms with van der Waals surface area (Å²) in [5, 5.41) is 11.5. The molecule has 4 rings (SSSR count). The number of nitrogens with zero attached hydrogens (tertiary/aromatic N) is 5. The number of urea groups is 1. The number of benzene rings is 1. The first kappa shape index (κ1) is 19.1. The summed E-state index contributed by atoms with van der Waals surface area (Å²) in [5.74, 6) is 0.179. The summed E-state index contributed by atoms with van der Waals surface area (Å²) in [4.78, 5) is 18.7. The van der Waals surface area contributed by atoms with Gasteiger partial charge in [-0.15, -0.1) is 0 Å². The highest BCUT2D eigenvalue weighted by Gasteiger charge is 2.29. The number of carbonyl (C=O) groups excluding carboxylic acids is 1. The molecular formula is C20H23FN6O2. The number of amides is 2. The lowest BCUT2D eigenvalue weighted by molar-refractivity contribution is 0.188. The van der Waals surface area contributed by atoms with Crippen LogP contribution in [-0.2, 0) is 20.0 Å². The first-order chi connectivity index (χ1) is 14.0. The van der Waals surface area contributed by atoms with Crippen LogP contribution in [0.3, 0.4) is 0 Å². The van der Waals surface area contributed by atoms with Crippen molar-refractivity contribution in [2.75, 3.05) is 6.54 Å². The third-order valence-electron chi connectivity index (χ3n) is 5.22. The average molecular weight is 398 g/mol. The summed E-state index contributed by atoms with van der Waals surface area (Å²) < 4.78 is 20.7. The lowest BCUT2D eigenvalue weighted by Crippen LogP contribution is -2.45. The molecule has 2 amide bonds. The second-order valence-electron chi connectivity index (χ2n) is 7.26. The van der Waals surface area contributed by atoms with E-state index in [-0.39, 0.29) is 23.8 Å². The van der Waals surface area contributed by atoms with Crippen LogP contribution >= 0.6 is 0 Å². The number of aromatic nitrogens is 4. The second kappa shape index (κ2) is 7.65. The molecule has 2 aromatic heterocycles. The van der Waals surface area contributed by atoms with Crippen molar-refractivity contribution >= 4 is 6.03 Å². The maximum Gasteiger partial charge on any atom is 0.317 e. The molecule has 0 spiro atoms. The summed E-state index contributed by atoms with van der Waals surface area (Å²) in [7, 11) is 1.86. The number of hydrogen-bond acceptors (Lipinski definition) is 5. The Labute approximate surface area is 167 Å². The molecular weight excluding hydrogens is 375 g/mol. The molecule has 1 aliphatic heterocycles. The van der Waals surface area contributed by atoms with E-state index < -0.39 is 0 Å². The van der Waals surface area contributed by atoms with Gasteiger partial charge in [-0.05, 0) is 25.5 Å². The second-order valence-corrected chi connectivity index (χ2v) is 7.26. The number of aryl methyl sites for hydroxylation is 1. The van der Waals surface area contributed by atoms with E-state index in [0.717, 1.165) is 17.7 Å². The van der Waals surface area contributed by atoms with Crippen LogP contribution < -0.4 is 5.32 Å². The van der Waals surface area contributed by atoms with Gasteiger partial charge in [-0.1, -0.05) is 24.2 Å². The zero-order valence-corrected chi connectivity index (χ0v) is 16.6. The highest BCUT2D eigenvalue weighted by atomic mass is 19.1. The Morgan fingerprint density at radius 1 is 1.41 bits per heavy atom. The Morgan fingerprint density at radius 3 is 3.00 bits per heavy atom. The zero-order chi connectivity index (χ0) is 20.5. The SMILES string of the molecule is CC[C@H](C)NC(=O)N1CCc2c(c(-c3nc(-c4cccc(F)c4)no3)nn2C)C1. The zero-order valence-electron chi connectivity index (χ0n) is 16.6. The van der Waals surface area contributed by atoms with Gasteiger partial charge in [0.2, 0.25) is 5.82 Å². The van der Waals surface area contributed by atoms with Gasteiger partial charge in [-0.3, -0.25) is 4.68 Å². The Hall–Kier alpha value is -3.23. The van der Waals surface area contributed by atoms with E-state index in [0.29, 0.717) is 36.6 Å². The van der Waals surface area contributed by atoms with Gasteiger partial charge >= 0.3 is 6.03 Å². The number of carbonyl (C=O) groups is 1. The maximum atomic E-state index is 13.5. The minimum Gasteiger partial charge on any atom is -0.336 e. The molecule has 0 aliphatic carbocycles. The fourth-order valence-corrected chi connectivity index (χ4v) is 3.41. The molecule has 3 aromatic rings. The molecule has 1 aromatic carbocycles. The molecule has 0 bridgehead atoms. The van der Waals surface area contributed by atoms with Crippen molar-refractivity contribution in [1.82, 2.24) is 30.1 Å². The van der Waals surface area contributed by atoms with Crippen LogP contribution in [0.1, 0.15) is 31.5 Å². The van der Waals surface area contributed by atoms with Gasteiger partial charge in [0.25, 0.3) is 5.89 Å². The molecule has 1 atom stereocenters. The van der Waals surface area contributed by atoms with Gasteiger partial charge in [0, 0.05) is 42.9 Å². The normalized spacial score (nSPS) is 14.6. The van der Waals surface area contributed by atoms with Crippen LogP contribution in [0, 0.1) is 5.82 Å². The summed E-state index contributed by atoms with van der Waals surface area (Å²) in [5.41, 5.74) is 3.02. The maximum absolute atomic E-state index is 13.5. The first-order valence-electron chi connectivity index (χ1n) is 9.66. The van der Waals surface area contributed by atoms with Gasteiger partial charge in [0.1, 0.15) is 5.82 Å². The molecule has 0 saturated carbocycles. The van der Waals surface area contributed by atoms with Crippen LogP contribution in [0.2, 0.25) is 0 Å². The molecule has 1 N–H and O–H groups in total. The monoisotopic (exact) mass is 398 g/mol. The van der Waals surface area contributed by atoms with Gasteiger partial charge < -0.3 is 14.7 Å². The molecule has 29 heavy (non-hydrogen) atoms. The highest BCUT2D eigenvalue weighted by molar-refractivity contribution is 5.75. The predicted octanol–water partition coefficient (Wildman–Crippen LogP) is 3.14. The number of halogens is 1. The molecule has 1 aliphatic rings. The lowest BCUT2D eigenvalue weighted by atomic mass is 10.1. The van der Waals surface area contributed by atoms with Crippen molar-refractivity contribution in [1.29, 1.82) is 0 Å². The van der Waals surface area contributed by atoms with Gasteiger partial charge in [-0.25, -0.2) is 9.18 Å². The third kappa shape index (κ3) is 3.72. The molecule has 0 radical (unpaired) electrons. The summed E-state index contributed by atoms with van der Waals surface area (Å²) in [6.45, 7) is 5.05. The van der Waals surface area contributed by atoms with E-state index in [1.54, 1.807) is 21.7 Å². The van der Waals surface area contributed by atoms with E-state index >= 15 is 0 Å². The van der Waals surface area contributed by atoms with Crippen molar-refractivity contribution in [3.63, 3.8) is 0 Å². The van der Waals surface area contributed by atoms with Crippen molar-refractivity contribution in [2.45, 2.75) is 39.3 Å². The molecule has 3 heterocycles. The van der Waals surface area contributed by atoms with Crippen molar-refractivity contribution in [3.8, 4) is 23.0 Å². The third-order valence-corrected chi connectivity index (χ3v) is 5.22. The minimum absolute atomic E-state index is 0.0919. The lowest BCUT2D eigenvalue weighted by Gasteiger charge is -2.28. The van der Waals surface area contributed by atoms with E-state index in [9.17, 15) is 9.18 Å². The number of fused-ring (bicyclic) bond motifs is 1. The fraction of sp³-hybridized carbons (Fsp3) is 0.400. The largest absolute Gasteiger partial charge is 0.336 e.